The normalized spacial score (nSPS) is 13.4. The third-order valence-electron chi connectivity index (χ3n) is 2.98. The largest absolute Gasteiger partial charge is 0.377 e. The lowest BCUT2D eigenvalue weighted by Crippen LogP contribution is -2.22. The van der Waals surface area contributed by atoms with Gasteiger partial charge in [-0.1, -0.05) is 6.07 Å². The Morgan fingerprint density at radius 1 is 1.30 bits per heavy atom. The summed E-state index contributed by atoms with van der Waals surface area (Å²) in [6.07, 6.45) is 1.68. The van der Waals surface area contributed by atoms with Crippen LogP contribution in [0.5, 0.6) is 0 Å². The lowest BCUT2D eigenvalue weighted by atomic mass is 10.2. The lowest BCUT2D eigenvalue weighted by Gasteiger charge is -2.16. The molecule has 1 unspecified atom stereocenters. The number of H-pyrrole nitrogens is 1. The van der Waals surface area contributed by atoms with Crippen LogP contribution in [0.4, 0.5) is 5.69 Å². The summed E-state index contributed by atoms with van der Waals surface area (Å²) in [5.41, 5.74) is 1.68. The van der Waals surface area contributed by atoms with E-state index in [-0.39, 0.29) is 10.9 Å². The van der Waals surface area contributed by atoms with Gasteiger partial charge in [0.1, 0.15) is 0 Å². The number of hydrogen-bond donors (Lipinski definition) is 2. The van der Waals surface area contributed by atoms with Gasteiger partial charge in [-0.25, -0.2) is 12.7 Å². The van der Waals surface area contributed by atoms with Crippen molar-refractivity contribution in [1.82, 2.24) is 14.5 Å². The number of hydrogen-bond acceptors (Lipinski definition) is 4. The van der Waals surface area contributed by atoms with Crippen LogP contribution in [-0.4, -0.2) is 37.0 Å². The van der Waals surface area contributed by atoms with Crippen molar-refractivity contribution in [3.63, 3.8) is 0 Å². The first kappa shape index (κ1) is 14.5. The highest BCUT2D eigenvalue weighted by molar-refractivity contribution is 7.89. The van der Waals surface area contributed by atoms with Gasteiger partial charge < -0.3 is 5.32 Å². The summed E-state index contributed by atoms with van der Waals surface area (Å²) in [7, 11) is -0.383. The molecule has 0 spiro atoms. The summed E-state index contributed by atoms with van der Waals surface area (Å²) >= 11 is 0. The molecule has 7 heteroatoms. The SMILES string of the molecule is CC(Nc1cccc(S(=O)(=O)N(C)C)c1)c1ccn[nH]1. The molecule has 2 rings (SSSR count). The predicted octanol–water partition coefficient (Wildman–Crippen LogP) is 1.83. The smallest absolute Gasteiger partial charge is 0.242 e. The molecule has 1 aromatic carbocycles. The molecule has 2 N–H and O–H groups in total. The second-order valence-electron chi connectivity index (χ2n) is 4.69. The van der Waals surface area contributed by atoms with Crippen LogP contribution in [0.15, 0.2) is 41.4 Å². The molecular weight excluding hydrogens is 276 g/mol. The summed E-state index contributed by atoms with van der Waals surface area (Å²) in [5.74, 6) is 0. The fourth-order valence-corrected chi connectivity index (χ4v) is 2.74. The van der Waals surface area contributed by atoms with Crippen molar-refractivity contribution in [3.8, 4) is 0 Å². The molecule has 0 bridgehead atoms. The minimum Gasteiger partial charge on any atom is -0.377 e. The molecule has 0 amide bonds. The number of aromatic nitrogens is 2. The third-order valence-corrected chi connectivity index (χ3v) is 4.80. The average molecular weight is 294 g/mol. The van der Waals surface area contributed by atoms with Crippen LogP contribution in [-0.2, 0) is 10.0 Å². The third kappa shape index (κ3) is 3.00. The molecule has 0 saturated carbocycles. The van der Waals surface area contributed by atoms with Gasteiger partial charge in [0.2, 0.25) is 10.0 Å². The number of sulfonamides is 1. The van der Waals surface area contributed by atoms with Gasteiger partial charge in [-0.15, -0.1) is 0 Å². The number of nitrogens with zero attached hydrogens (tertiary/aromatic N) is 2. The van der Waals surface area contributed by atoms with E-state index < -0.39 is 10.0 Å². The molecule has 6 nitrogen and oxygen atoms in total. The van der Waals surface area contributed by atoms with E-state index >= 15 is 0 Å². The fourth-order valence-electron chi connectivity index (χ4n) is 1.79. The minimum absolute atomic E-state index is 0.00908. The van der Waals surface area contributed by atoms with Crippen molar-refractivity contribution in [2.75, 3.05) is 19.4 Å². The predicted molar refractivity (Wildman–Crippen MR) is 77.9 cm³/mol. The topological polar surface area (TPSA) is 78.1 Å². The highest BCUT2D eigenvalue weighted by atomic mass is 32.2. The van der Waals surface area contributed by atoms with Gasteiger partial charge in [0.05, 0.1) is 16.6 Å². The number of aromatic amines is 1. The second kappa shape index (κ2) is 5.64. The van der Waals surface area contributed by atoms with Crippen molar-refractivity contribution in [3.05, 3.63) is 42.2 Å². The molecule has 1 heterocycles. The zero-order valence-electron chi connectivity index (χ0n) is 11.7. The molecule has 108 valence electrons. The van der Waals surface area contributed by atoms with Crippen LogP contribution in [0.3, 0.4) is 0 Å². The Bertz CT molecular complexity index is 665. The summed E-state index contributed by atoms with van der Waals surface area (Å²) in [5, 5.41) is 10.0. The zero-order valence-corrected chi connectivity index (χ0v) is 12.5. The molecule has 0 aliphatic rings. The van der Waals surface area contributed by atoms with E-state index in [1.807, 2.05) is 19.1 Å². The quantitative estimate of drug-likeness (QED) is 0.882. The van der Waals surface area contributed by atoms with Gasteiger partial charge in [-0.2, -0.15) is 5.10 Å². The van der Waals surface area contributed by atoms with Crippen molar-refractivity contribution < 1.29 is 8.42 Å². The summed E-state index contributed by atoms with van der Waals surface area (Å²) in [6, 6.07) is 8.65. The Kier molecular flexibility index (Phi) is 4.10. The van der Waals surface area contributed by atoms with E-state index in [1.165, 1.54) is 18.4 Å². The Balaban J connectivity index is 2.23. The van der Waals surface area contributed by atoms with Gasteiger partial charge in [0, 0.05) is 26.0 Å². The van der Waals surface area contributed by atoms with Crippen LogP contribution in [0.1, 0.15) is 18.7 Å². The maximum Gasteiger partial charge on any atom is 0.242 e. The fraction of sp³-hybridized carbons (Fsp3) is 0.308. The molecule has 0 aliphatic carbocycles. The first-order chi connectivity index (χ1) is 9.41. The van der Waals surface area contributed by atoms with Crippen LogP contribution < -0.4 is 5.32 Å². The Hall–Kier alpha value is -1.86. The van der Waals surface area contributed by atoms with E-state index in [1.54, 1.807) is 24.4 Å². The number of benzene rings is 1. The highest BCUT2D eigenvalue weighted by Gasteiger charge is 2.17. The molecule has 20 heavy (non-hydrogen) atoms. The molecule has 1 aromatic heterocycles. The first-order valence-electron chi connectivity index (χ1n) is 6.19. The molecule has 0 radical (unpaired) electrons. The number of anilines is 1. The monoisotopic (exact) mass is 294 g/mol. The zero-order chi connectivity index (χ0) is 14.8. The Labute approximate surface area is 118 Å². The summed E-state index contributed by atoms with van der Waals surface area (Å²) in [6.45, 7) is 1.97. The van der Waals surface area contributed by atoms with Crippen molar-refractivity contribution in [1.29, 1.82) is 0 Å². The van der Waals surface area contributed by atoms with Crippen LogP contribution in [0, 0.1) is 0 Å². The average Bonchev–Trinajstić information content (AvgIpc) is 2.92. The highest BCUT2D eigenvalue weighted by Crippen LogP contribution is 2.21. The number of nitrogens with one attached hydrogen (secondary N) is 2. The van der Waals surface area contributed by atoms with Crippen molar-refractivity contribution in [2.45, 2.75) is 17.9 Å². The number of rotatable bonds is 5. The summed E-state index contributed by atoms with van der Waals surface area (Å²) in [4.78, 5) is 0.268. The van der Waals surface area contributed by atoms with Crippen LogP contribution in [0.25, 0.3) is 0 Å². The molecule has 0 saturated heterocycles. The molecule has 1 atom stereocenters. The van der Waals surface area contributed by atoms with Gasteiger partial charge in [0.25, 0.3) is 0 Å². The maximum absolute atomic E-state index is 12.1. The Morgan fingerprint density at radius 3 is 2.65 bits per heavy atom. The van der Waals surface area contributed by atoms with Gasteiger partial charge in [0.15, 0.2) is 0 Å². The first-order valence-corrected chi connectivity index (χ1v) is 7.63. The van der Waals surface area contributed by atoms with E-state index in [2.05, 4.69) is 15.5 Å². The summed E-state index contributed by atoms with van der Waals surface area (Å²) < 4.78 is 25.4. The van der Waals surface area contributed by atoms with Crippen LogP contribution in [0.2, 0.25) is 0 Å². The molecular formula is C13H18N4O2S. The van der Waals surface area contributed by atoms with E-state index in [0.717, 1.165) is 11.4 Å². The van der Waals surface area contributed by atoms with Crippen molar-refractivity contribution in [2.24, 2.45) is 0 Å². The van der Waals surface area contributed by atoms with Gasteiger partial charge in [-0.3, -0.25) is 5.10 Å². The minimum atomic E-state index is -3.42. The standard InChI is InChI=1S/C13H18N4O2S/c1-10(13-7-8-14-16-13)15-11-5-4-6-12(9-11)20(18,19)17(2)3/h4-10,15H,1-3H3,(H,14,16). The Morgan fingerprint density at radius 2 is 2.05 bits per heavy atom. The molecule has 0 aliphatic heterocycles. The molecule has 2 aromatic rings. The van der Waals surface area contributed by atoms with Crippen molar-refractivity contribution >= 4 is 15.7 Å². The van der Waals surface area contributed by atoms with E-state index in [0.29, 0.717) is 0 Å². The van der Waals surface area contributed by atoms with E-state index in [4.69, 9.17) is 0 Å². The van der Waals surface area contributed by atoms with E-state index in [9.17, 15) is 8.42 Å². The lowest BCUT2D eigenvalue weighted by molar-refractivity contribution is 0.521. The second-order valence-corrected chi connectivity index (χ2v) is 6.85. The molecule has 0 fully saturated rings. The van der Waals surface area contributed by atoms with Gasteiger partial charge in [-0.05, 0) is 31.2 Å². The van der Waals surface area contributed by atoms with Crippen LogP contribution >= 0.6 is 0 Å². The van der Waals surface area contributed by atoms with Gasteiger partial charge >= 0.3 is 0 Å². The maximum atomic E-state index is 12.1.